The SMILES string of the molecule is CCOP(=O)(CCOc1cc(C)c(Cc2ccc(OCOCC(C)C)cc2)c(C)c1)OCC. The molecule has 0 N–H and O–H groups in total. The van der Waals surface area contributed by atoms with Crippen LogP contribution in [-0.2, 0) is 24.8 Å². The summed E-state index contributed by atoms with van der Waals surface area (Å²) in [6.45, 7) is 13.9. The number of ether oxygens (including phenoxy) is 3. The highest BCUT2D eigenvalue weighted by atomic mass is 31.2. The van der Waals surface area contributed by atoms with E-state index in [2.05, 4.69) is 39.8 Å². The summed E-state index contributed by atoms with van der Waals surface area (Å²) in [5, 5.41) is 0. The van der Waals surface area contributed by atoms with Crippen LogP contribution in [0.25, 0.3) is 0 Å². The topological polar surface area (TPSA) is 63.2 Å². The maximum Gasteiger partial charge on any atom is 0.334 e. The first-order valence-corrected chi connectivity index (χ1v) is 13.4. The van der Waals surface area contributed by atoms with Crippen LogP contribution in [0.1, 0.15) is 49.9 Å². The van der Waals surface area contributed by atoms with Crippen LogP contribution < -0.4 is 9.47 Å². The van der Waals surface area contributed by atoms with E-state index >= 15 is 0 Å². The van der Waals surface area contributed by atoms with Crippen molar-refractivity contribution in [1.82, 2.24) is 0 Å². The van der Waals surface area contributed by atoms with E-state index in [-0.39, 0.29) is 19.6 Å². The van der Waals surface area contributed by atoms with Gasteiger partial charge in [0.15, 0.2) is 6.79 Å². The molecule has 0 heterocycles. The monoisotopic (exact) mass is 478 g/mol. The molecule has 0 fully saturated rings. The van der Waals surface area contributed by atoms with Gasteiger partial charge in [-0.25, -0.2) is 0 Å². The number of rotatable bonds is 15. The molecule has 0 aliphatic rings. The first-order valence-electron chi connectivity index (χ1n) is 11.7. The van der Waals surface area contributed by atoms with Gasteiger partial charge in [-0.1, -0.05) is 26.0 Å². The zero-order valence-electron chi connectivity index (χ0n) is 20.9. The highest BCUT2D eigenvalue weighted by Gasteiger charge is 2.23. The molecule has 0 saturated carbocycles. The average molecular weight is 479 g/mol. The Bertz CT molecular complexity index is 861. The van der Waals surface area contributed by atoms with Crippen molar-refractivity contribution < 1.29 is 27.8 Å². The lowest BCUT2D eigenvalue weighted by Crippen LogP contribution is -2.09. The van der Waals surface area contributed by atoms with Crippen molar-refractivity contribution in [3.63, 3.8) is 0 Å². The van der Waals surface area contributed by atoms with Gasteiger partial charge in [-0.15, -0.1) is 0 Å². The fourth-order valence-corrected chi connectivity index (χ4v) is 4.89. The third-order valence-electron chi connectivity index (χ3n) is 5.02. The number of benzene rings is 2. The third kappa shape index (κ3) is 9.50. The molecule has 6 nitrogen and oxygen atoms in total. The van der Waals surface area contributed by atoms with E-state index in [9.17, 15) is 4.57 Å². The van der Waals surface area contributed by atoms with Crippen LogP contribution in [-0.4, -0.2) is 39.4 Å². The second-order valence-corrected chi connectivity index (χ2v) is 10.6. The van der Waals surface area contributed by atoms with Gasteiger partial charge in [0.25, 0.3) is 0 Å². The van der Waals surface area contributed by atoms with Crippen LogP contribution >= 0.6 is 7.60 Å². The molecule has 2 rings (SSSR count). The quantitative estimate of drug-likeness (QED) is 0.164. The van der Waals surface area contributed by atoms with E-state index in [1.165, 1.54) is 11.1 Å². The number of aryl methyl sites for hydroxylation is 2. The van der Waals surface area contributed by atoms with Gasteiger partial charge < -0.3 is 23.3 Å². The Hall–Kier alpha value is -1.85. The molecule has 0 bridgehead atoms. The lowest BCUT2D eigenvalue weighted by Gasteiger charge is -2.18. The summed E-state index contributed by atoms with van der Waals surface area (Å²) in [5.41, 5.74) is 4.79. The summed E-state index contributed by atoms with van der Waals surface area (Å²) < 4.78 is 40.2. The second-order valence-electron chi connectivity index (χ2n) is 8.40. The van der Waals surface area contributed by atoms with Crippen LogP contribution in [0.15, 0.2) is 36.4 Å². The largest absolute Gasteiger partial charge is 0.493 e. The zero-order chi connectivity index (χ0) is 24.3. The van der Waals surface area contributed by atoms with E-state index in [1.807, 2.05) is 24.3 Å². The molecule has 184 valence electrons. The molecule has 7 heteroatoms. The normalized spacial score (nSPS) is 11.7. The first-order chi connectivity index (χ1) is 15.8. The molecule has 0 unspecified atom stereocenters. The molecule has 0 atom stereocenters. The standard InChI is InChI=1S/C26H39O6P/c1-7-31-33(27,32-8-2)14-13-29-25-15-21(5)26(22(6)16-25)17-23-9-11-24(12-10-23)30-19-28-18-20(3)4/h9-12,15-16,20H,7-8,13-14,17-19H2,1-6H3. The molecule has 0 spiro atoms. The summed E-state index contributed by atoms with van der Waals surface area (Å²) in [6, 6.07) is 12.2. The van der Waals surface area contributed by atoms with Gasteiger partial charge >= 0.3 is 7.60 Å². The van der Waals surface area contributed by atoms with Gasteiger partial charge in [0.05, 0.1) is 32.6 Å². The molecule has 2 aromatic rings. The minimum absolute atomic E-state index is 0.228. The summed E-state index contributed by atoms with van der Waals surface area (Å²) in [5.74, 6) is 2.06. The maximum absolute atomic E-state index is 12.6. The fraction of sp³-hybridized carbons (Fsp3) is 0.538. The van der Waals surface area contributed by atoms with E-state index in [1.54, 1.807) is 13.8 Å². The minimum Gasteiger partial charge on any atom is -0.493 e. The van der Waals surface area contributed by atoms with Gasteiger partial charge in [0, 0.05) is 0 Å². The first kappa shape index (κ1) is 27.4. The van der Waals surface area contributed by atoms with Gasteiger partial charge in [-0.3, -0.25) is 4.57 Å². The van der Waals surface area contributed by atoms with Crippen molar-refractivity contribution in [2.45, 2.75) is 48.0 Å². The average Bonchev–Trinajstić information content (AvgIpc) is 2.75. The van der Waals surface area contributed by atoms with Crippen molar-refractivity contribution >= 4 is 7.60 Å². The molecule has 0 aromatic heterocycles. The molecule has 2 aromatic carbocycles. The van der Waals surface area contributed by atoms with Crippen LogP contribution in [0.5, 0.6) is 11.5 Å². The van der Waals surface area contributed by atoms with Gasteiger partial charge in [0.1, 0.15) is 11.5 Å². The third-order valence-corrected chi connectivity index (χ3v) is 7.05. The Morgan fingerprint density at radius 2 is 1.48 bits per heavy atom. The number of hydrogen-bond donors (Lipinski definition) is 0. The van der Waals surface area contributed by atoms with Crippen molar-refractivity contribution in [2.75, 3.05) is 39.4 Å². The van der Waals surface area contributed by atoms with E-state index < -0.39 is 7.60 Å². The molecular weight excluding hydrogens is 439 g/mol. The van der Waals surface area contributed by atoms with Crippen molar-refractivity contribution in [3.05, 3.63) is 58.7 Å². The van der Waals surface area contributed by atoms with Crippen LogP contribution in [0, 0.1) is 19.8 Å². The minimum atomic E-state index is -3.10. The van der Waals surface area contributed by atoms with Crippen LogP contribution in [0.2, 0.25) is 0 Å². The van der Waals surface area contributed by atoms with Gasteiger partial charge in [0.2, 0.25) is 0 Å². The highest BCUT2D eigenvalue weighted by Crippen LogP contribution is 2.47. The molecule has 0 aliphatic carbocycles. The molecule has 0 saturated heterocycles. The van der Waals surface area contributed by atoms with Crippen molar-refractivity contribution in [3.8, 4) is 11.5 Å². The van der Waals surface area contributed by atoms with Crippen LogP contribution in [0.4, 0.5) is 0 Å². The summed E-state index contributed by atoms with van der Waals surface area (Å²) in [4.78, 5) is 0. The lowest BCUT2D eigenvalue weighted by atomic mass is 9.96. The highest BCUT2D eigenvalue weighted by molar-refractivity contribution is 7.53. The van der Waals surface area contributed by atoms with Crippen molar-refractivity contribution in [1.29, 1.82) is 0 Å². The summed E-state index contributed by atoms with van der Waals surface area (Å²) in [6.07, 6.45) is 1.05. The number of hydrogen-bond acceptors (Lipinski definition) is 6. The van der Waals surface area contributed by atoms with Crippen LogP contribution in [0.3, 0.4) is 0 Å². The Morgan fingerprint density at radius 1 is 0.879 bits per heavy atom. The second kappa shape index (κ2) is 13.8. The maximum atomic E-state index is 12.6. The Kier molecular flexibility index (Phi) is 11.4. The molecule has 33 heavy (non-hydrogen) atoms. The van der Waals surface area contributed by atoms with E-state index in [4.69, 9.17) is 23.3 Å². The van der Waals surface area contributed by atoms with Gasteiger partial charge in [-0.2, -0.15) is 0 Å². The molecule has 0 aliphatic heterocycles. The fourth-order valence-electron chi connectivity index (χ4n) is 3.45. The van der Waals surface area contributed by atoms with Gasteiger partial charge in [-0.05, 0) is 86.6 Å². The molecule has 0 radical (unpaired) electrons. The lowest BCUT2D eigenvalue weighted by molar-refractivity contribution is 0.00272. The predicted octanol–water partition coefficient (Wildman–Crippen LogP) is 6.55. The summed E-state index contributed by atoms with van der Waals surface area (Å²) >= 11 is 0. The molecular formula is C26H39O6P. The Labute approximate surface area is 199 Å². The van der Waals surface area contributed by atoms with E-state index in [0.29, 0.717) is 25.7 Å². The molecule has 0 amide bonds. The van der Waals surface area contributed by atoms with E-state index in [0.717, 1.165) is 29.0 Å². The smallest absolute Gasteiger partial charge is 0.334 e. The zero-order valence-corrected chi connectivity index (χ0v) is 21.8. The Balaban J connectivity index is 1.93. The van der Waals surface area contributed by atoms with Crippen molar-refractivity contribution in [2.24, 2.45) is 5.92 Å². The summed E-state index contributed by atoms with van der Waals surface area (Å²) in [7, 11) is -3.10. The Morgan fingerprint density at radius 3 is 2.03 bits per heavy atom. The predicted molar refractivity (Wildman–Crippen MR) is 133 cm³/mol.